The van der Waals surface area contributed by atoms with Crippen molar-refractivity contribution in [3.05, 3.63) is 15.6 Å². The molecule has 0 aromatic carbocycles. The Labute approximate surface area is 123 Å². The smallest absolute Gasteiger partial charge is 0.303 e. The van der Waals surface area contributed by atoms with Gasteiger partial charge in [0.25, 0.3) is 5.91 Å². The molecule has 0 radical (unpaired) electrons. The molecule has 1 heterocycles. The lowest BCUT2D eigenvalue weighted by Crippen LogP contribution is -2.28. The number of amides is 1. The number of carbonyl (C=O) groups is 2. The Morgan fingerprint density at radius 3 is 2.60 bits per heavy atom. The molecule has 20 heavy (non-hydrogen) atoms. The second-order valence-electron chi connectivity index (χ2n) is 5.33. The van der Waals surface area contributed by atoms with Gasteiger partial charge in [-0.3, -0.25) is 9.59 Å². The summed E-state index contributed by atoms with van der Waals surface area (Å²) in [4.78, 5) is 29.6. The maximum absolute atomic E-state index is 12.4. The molecule has 5 nitrogen and oxygen atoms in total. The van der Waals surface area contributed by atoms with Crippen LogP contribution in [0, 0.1) is 12.8 Å². The van der Waals surface area contributed by atoms with Gasteiger partial charge in [-0.2, -0.15) is 0 Å². The van der Waals surface area contributed by atoms with E-state index in [1.54, 1.807) is 11.9 Å². The Bertz CT molecular complexity index is 483. The largest absolute Gasteiger partial charge is 0.481 e. The van der Waals surface area contributed by atoms with Gasteiger partial charge in [-0.05, 0) is 25.7 Å². The average Bonchev–Trinajstić information content (AvgIpc) is 2.67. The van der Waals surface area contributed by atoms with Crippen molar-refractivity contribution < 1.29 is 14.7 Å². The lowest BCUT2D eigenvalue weighted by atomic mass is 10.1. The summed E-state index contributed by atoms with van der Waals surface area (Å²) in [5.41, 5.74) is 0.859. The van der Waals surface area contributed by atoms with Crippen LogP contribution >= 0.6 is 11.3 Å². The van der Waals surface area contributed by atoms with E-state index in [9.17, 15) is 9.59 Å². The first-order chi connectivity index (χ1) is 9.31. The van der Waals surface area contributed by atoms with E-state index in [0.717, 1.165) is 17.1 Å². The molecule has 0 saturated heterocycles. The minimum Gasteiger partial charge on any atom is -0.481 e. The number of aliphatic carboxylic acids is 1. The standard InChI is InChI=1S/C14H22N2O3S/c1-9(2)8-11-13(20-10(3)15-11)14(19)16(4)7-5-6-12(17)18/h9H,5-8H2,1-4H3,(H,17,18). The van der Waals surface area contributed by atoms with Gasteiger partial charge in [0, 0.05) is 20.0 Å². The van der Waals surface area contributed by atoms with Gasteiger partial charge in [0.2, 0.25) is 0 Å². The van der Waals surface area contributed by atoms with E-state index in [1.165, 1.54) is 11.3 Å². The third-order valence-electron chi connectivity index (χ3n) is 2.83. The zero-order valence-electron chi connectivity index (χ0n) is 12.5. The number of thiazole rings is 1. The van der Waals surface area contributed by atoms with Gasteiger partial charge in [-0.25, -0.2) is 4.98 Å². The van der Waals surface area contributed by atoms with Crippen molar-refractivity contribution in [2.45, 2.75) is 40.0 Å². The Morgan fingerprint density at radius 2 is 2.05 bits per heavy atom. The molecule has 0 fully saturated rings. The summed E-state index contributed by atoms with van der Waals surface area (Å²) in [5, 5.41) is 9.51. The number of rotatable bonds is 7. The molecule has 112 valence electrons. The van der Waals surface area contributed by atoms with E-state index in [0.29, 0.717) is 23.8 Å². The first-order valence-electron chi connectivity index (χ1n) is 6.74. The number of carboxylic acid groups (broad SMARTS) is 1. The SMILES string of the molecule is Cc1nc(CC(C)C)c(C(=O)N(C)CCCC(=O)O)s1. The highest BCUT2D eigenvalue weighted by atomic mass is 32.1. The second-order valence-corrected chi connectivity index (χ2v) is 6.53. The van der Waals surface area contributed by atoms with Crippen LogP contribution in [-0.4, -0.2) is 40.5 Å². The molecular formula is C14H22N2O3S. The van der Waals surface area contributed by atoms with Gasteiger partial charge in [-0.1, -0.05) is 13.8 Å². The van der Waals surface area contributed by atoms with E-state index in [2.05, 4.69) is 18.8 Å². The van der Waals surface area contributed by atoms with Crippen LogP contribution in [0.15, 0.2) is 0 Å². The molecule has 1 amide bonds. The number of nitrogens with zero attached hydrogens (tertiary/aromatic N) is 2. The molecule has 0 spiro atoms. The fourth-order valence-electron chi connectivity index (χ4n) is 1.90. The predicted octanol–water partition coefficient (Wildman–Crippen LogP) is 2.59. The van der Waals surface area contributed by atoms with Crippen molar-refractivity contribution in [3.8, 4) is 0 Å². The van der Waals surface area contributed by atoms with Crippen LogP contribution in [0.1, 0.15) is 47.1 Å². The summed E-state index contributed by atoms with van der Waals surface area (Å²) in [5.74, 6) is -0.447. The third-order valence-corrected chi connectivity index (χ3v) is 3.83. The number of carboxylic acids is 1. The molecule has 1 rings (SSSR count). The summed E-state index contributed by atoms with van der Waals surface area (Å²) < 4.78 is 0. The summed E-state index contributed by atoms with van der Waals surface area (Å²) in [6, 6.07) is 0. The maximum Gasteiger partial charge on any atom is 0.303 e. The quantitative estimate of drug-likeness (QED) is 0.840. The molecule has 6 heteroatoms. The zero-order valence-corrected chi connectivity index (χ0v) is 13.3. The summed E-state index contributed by atoms with van der Waals surface area (Å²) in [6.45, 7) is 6.54. The first-order valence-corrected chi connectivity index (χ1v) is 7.56. The first kappa shape index (κ1) is 16.6. The fraction of sp³-hybridized carbons (Fsp3) is 0.643. The van der Waals surface area contributed by atoms with Crippen molar-refractivity contribution in [1.82, 2.24) is 9.88 Å². The van der Waals surface area contributed by atoms with Crippen molar-refractivity contribution in [1.29, 1.82) is 0 Å². The topological polar surface area (TPSA) is 70.5 Å². The van der Waals surface area contributed by atoms with E-state index < -0.39 is 5.97 Å². The lowest BCUT2D eigenvalue weighted by Gasteiger charge is -2.16. The summed E-state index contributed by atoms with van der Waals surface area (Å²) >= 11 is 1.41. The van der Waals surface area contributed by atoms with Crippen LogP contribution in [-0.2, 0) is 11.2 Å². The minimum atomic E-state index is -0.833. The van der Waals surface area contributed by atoms with Crippen molar-refractivity contribution in [2.75, 3.05) is 13.6 Å². The van der Waals surface area contributed by atoms with Gasteiger partial charge in [0.1, 0.15) is 4.88 Å². The second kappa shape index (κ2) is 7.38. The number of hydrogen-bond donors (Lipinski definition) is 1. The van der Waals surface area contributed by atoms with E-state index in [-0.39, 0.29) is 12.3 Å². The monoisotopic (exact) mass is 298 g/mol. The molecule has 0 saturated carbocycles. The average molecular weight is 298 g/mol. The minimum absolute atomic E-state index is 0.0587. The number of aryl methyl sites for hydroxylation is 1. The summed E-state index contributed by atoms with van der Waals surface area (Å²) in [7, 11) is 1.71. The molecular weight excluding hydrogens is 276 g/mol. The van der Waals surface area contributed by atoms with Crippen LogP contribution in [0.4, 0.5) is 0 Å². The van der Waals surface area contributed by atoms with E-state index in [4.69, 9.17) is 5.11 Å². The number of aromatic nitrogens is 1. The van der Waals surface area contributed by atoms with Gasteiger partial charge in [0.05, 0.1) is 10.7 Å². The van der Waals surface area contributed by atoms with Gasteiger partial charge < -0.3 is 10.0 Å². The molecule has 0 aliphatic heterocycles. The van der Waals surface area contributed by atoms with Gasteiger partial charge >= 0.3 is 5.97 Å². The molecule has 1 aromatic rings. The molecule has 0 aliphatic rings. The Morgan fingerprint density at radius 1 is 1.40 bits per heavy atom. The number of hydrogen-bond acceptors (Lipinski definition) is 4. The zero-order chi connectivity index (χ0) is 15.3. The summed E-state index contributed by atoms with van der Waals surface area (Å²) in [6.07, 6.45) is 1.33. The maximum atomic E-state index is 12.4. The highest BCUT2D eigenvalue weighted by Crippen LogP contribution is 2.22. The van der Waals surface area contributed by atoms with Gasteiger partial charge in [0.15, 0.2) is 0 Å². The van der Waals surface area contributed by atoms with Crippen LogP contribution in [0.3, 0.4) is 0 Å². The highest BCUT2D eigenvalue weighted by Gasteiger charge is 2.20. The molecule has 0 bridgehead atoms. The van der Waals surface area contributed by atoms with Crippen LogP contribution in [0.25, 0.3) is 0 Å². The highest BCUT2D eigenvalue weighted by molar-refractivity contribution is 7.13. The van der Waals surface area contributed by atoms with Crippen molar-refractivity contribution >= 4 is 23.2 Å². The molecule has 1 N–H and O–H groups in total. The van der Waals surface area contributed by atoms with Crippen molar-refractivity contribution in [3.63, 3.8) is 0 Å². The van der Waals surface area contributed by atoms with E-state index >= 15 is 0 Å². The molecule has 0 aliphatic carbocycles. The lowest BCUT2D eigenvalue weighted by molar-refractivity contribution is -0.137. The third kappa shape index (κ3) is 4.92. The number of carbonyl (C=O) groups excluding carboxylic acids is 1. The van der Waals surface area contributed by atoms with E-state index in [1.807, 2.05) is 6.92 Å². The molecule has 0 unspecified atom stereocenters. The Kier molecular flexibility index (Phi) is 6.13. The van der Waals surface area contributed by atoms with Crippen molar-refractivity contribution in [2.24, 2.45) is 5.92 Å². The predicted molar refractivity (Wildman–Crippen MR) is 79.2 cm³/mol. The fourth-order valence-corrected chi connectivity index (χ4v) is 2.85. The molecule has 1 aromatic heterocycles. The van der Waals surface area contributed by atoms with Crippen LogP contribution in [0.2, 0.25) is 0 Å². The van der Waals surface area contributed by atoms with Crippen LogP contribution in [0.5, 0.6) is 0 Å². The Hall–Kier alpha value is -1.43. The van der Waals surface area contributed by atoms with Crippen LogP contribution < -0.4 is 0 Å². The molecule has 0 atom stereocenters. The normalized spacial score (nSPS) is 10.8. The Balaban J connectivity index is 2.72. The van der Waals surface area contributed by atoms with Gasteiger partial charge in [-0.15, -0.1) is 11.3 Å².